The quantitative estimate of drug-likeness (QED) is 0.503. The van der Waals surface area contributed by atoms with Crippen molar-refractivity contribution in [2.45, 2.75) is 46.5 Å². The monoisotopic (exact) mass is 150 g/mol. The number of rotatable bonds is 1. The fourth-order valence-corrected chi connectivity index (χ4v) is 1.16. The van der Waals surface area contributed by atoms with Crippen LogP contribution in [0.5, 0.6) is 0 Å². The normalized spacial score (nSPS) is 18.5. The molecule has 0 spiro atoms. The van der Waals surface area contributed by atoms with Gasteiger partial charge in [0, 0.05) is 11.8 Å². The summed E-state index contributed by atoms with van der Waals surface area (Å²) >= 11 is 0. The summed E-state index contributed by atoms with van der Waals surface area (Å²) in [7, 11) is 0. The molecule has 1 saturated carbocycles. The van der Waals surface area contributed by atoms with Crippen molar-refractivity contribution in [3.63, 3.8) is 0 Å². The van der Waals surface area contributed by atoms with Gasteiger partial charge in [0.15, 0.2) is 0 Å². The maximum absolute atomic E-state index is 3.28. The first-order valence-electron chi connectivity index (χ1n) is 4.58. The summed E-state index contributed by atoms with van der Waals surface area (Å²) < 4.78 is 0. The molecule has 0 nitrogen and oxygen atoms in total. The first-order chi connectivity index (χ1) is 5.08. The molecule has 1 aliphatic carbocycles. The van der Waals surface area contributed by atoms with Crippen molar-refractivity contribution >= 4 is 0 Å². The highest BCUT2D eigenvalue weighted by Gasteiger charge is 2.15. The SMILES string of the molecule is CC(C)(C)C#CCC1CCC1. The van der Waals surface area contributed by atoms with Gasteiger partial charge in [-0.1, -0.05) is 12.3 Å². The van der Waals surface area contributed by atoms with E-state index in [1.807, 2.05) is 0 Å². The van der Waals surface area contributed by atoms with Gasteiger partial charge < -0.3 is 0 Å². The summed E-state index contributed by atoms with van der Waals surface area (Å²) in [5.41, 5.74) is 0.198. The van der Waals surface area contributed by atoms with Gasteiger partial charge in [0.2, 0.25) is 0 Å². The van der Waals surface area contributed by atoms with Crippen LogP contribution in [0.25, 0.3) is 0 Å². The lowest BCUT2D eigenvalue weighted by Crippen LogP contribution is -2.09. The molecule has 0 amide bonds. The molecule has 0 heterocycles. The standard InChI is InChI=1S/C11H18/c1-11(2,3)9-5-8-10-6-4-7-10/h10H,4,6-8H2,1-3H3. The van der Waals surface area contributed by atoms with Crippen LogP contribution in [0.2, 0.25) is 0 Å². The van der Waals surface area contributed by atoms with Gasteiger partial charge in [-0.2, -0.15) is 0 Å². The van der Waals surface area contributed by atoms with E-state index in [0.717, 1.165) is 12.3 Å². The van der Waals surface area contributed by atoms with E-state index in [2.05, 4.69) is 32.6 Å². The molecule has 1 aliphatic rings. The maximum Gasteiger partial charge on any atom is 0.0230 e. The van der Waals surface area contributed by atoms with Crippen LogP contribution in [0.3, 0.4) is 0 Å². The van der Waals surface area contributed by atoms with Crippen LogP contribution in [-0.4, -0.2) is 0 Å². The molecule has 0 atom stereocenters. The highest BCUT2D eigenvalue weighted by molar-refractivity contribution is 5.08. The van der Waals surface area contributed by atoms with Crippen molar-refractivity contribution in [3.8, 4) is 11.8 Å². The summed E-state index contributed by atoms with van der Waals surface area (Å²) in [6.45, 7) is 6.50. The molecule has 0 aromatic heterocycles. The Morgan fingerprint density at radius 3 is 2.27 bits per heavy atom. The third-order valence-corrected chi connectivity index (χ3v) is 2.08. The molecule has 0 aliphatic heterocycles. The highest BCUT2D eigenvalue weighted by Crippen LogP contribution is 2.28. The van der Waals surface area contributed by atoms with E-state index in [9.17, 15) is 0 Å². The van der Waals surface area contributed by atoms with Gasteiger partial charge in [-0.15, -0.1) is 5.92 Å². The Bertz CT molecular complexity index is 168. The topological polar surface area (TPSA) is 0 Å². The molecule has 11 heavy (non-hydrogen) atoms. The van der Waals surface area contributed by atoms with Crippen LogP contribution < -0.4 is 0 Å². The lowest BCUT2D eigenvalue weighted by atomic mass is 9.83. The minimum absolute atomic E-state index is 0.198. The third-order valence-electron chi connectivity index (χ3n) is 2.08. The van der Waals surface area contributed by atoms with E-state index >= 15 is 0 Å². The zero-order chi connectivity index (χ0) is 8.32. The molecule has 0 saturated heterocycles. The summed E-state index contributed by atoms with van der Waals surface area (Å²) in [4.78, 5) is 0. The lowest BCUT2D eigenvalue weighted by molar-refractivity contribution is 0.323. The Balaban J connectivity index is 2.21. The lowest BCUT2D eigenvalue weighted by Gasteiger charge is -2.22. The highest BCUT2D eigenvalue weighted by atomic mass is 14.2. The summed E-state index contributed by atoms with van der Waals surface area (Å²) in [6.07, 6.45) is 5.40. The minimum Gasteiger partial charge on any atom is -0.102 e. The van der Waals surface area contributed by atoms with E-state index in [4.69, 9.17) is 0 Å². The van der Waals surface area contributed by atoms with Crippen molar-refractivity contribution < 1.29 is 0 Å². The Morgan fingerprint density at radius 2 is 1.91 bits per heavy atom. The number of hydrogen-bond acceptors (Lipinski definition) is 0. The molecule has 0 radical (unpaired) electrons. The molecule has 0 aromatic carbocycles. The Kier molecular flexibility index (Phi) is 2.60. The second kappa shape index (κ2) is 3.30. The van der Waals surface area contributed by atoms with Gasteiger partial charge in [0.25, 0.3) is 0 Å². The average Bonchev–Trinajstić information content (AvgIpc) is 1.73. The Morgan fingerprint density at radius 1 is 1.27 bits per heavy atom. The second-order valence-corrected chi connectivity index (χ2v) is 4.55. The Hall–Kier alpha value is -0.440. The van der Waals surface area contributed by atoms with Crippen LogP contribution in [0.15, 0.2) is 0 Å². The largest absolute Gasteiger partial charge is 0.102 e. The second-order valence-electron chi connectivity index (χ2n) is 4.55. The van der Waals surface area contributed by atoms with E-state index in [-0.39, 0.29) is 5.41 Å². The molecule has 0 N–H and O–H groups in total. The molecule has 1 rings (SSSR count). The molecule has 0 aromatic rings. The average molecular weight is 150 g/mol. The van der Waals surface area contributed by atoms with Gasteiger partial charge >= 0.3 is 0 Å². The van der Waals surface area contributed by atoms with Crippen LogP contribution >= 0.6 is 0 Å². The predicted molar refractivity (Wildman–Crippen MR) is 49.2 cm³/mol. The zero-order valence-electron chi connectivity index (χ0n) is 7.91. The van der Waals surface area contributed by atoms with E-state index < -0.39 is 0 Å². The minimum atomic E-state index is 0.198. The molecule has 0 heteroatoms. The first kappa shape index (κ1) is 8.65. The predicted octanol–water partition coefficient (Wildman–Crippen LogP) is 3.23. The fraction of sp³-hybridized carbons (Fsp3) is 0.818. The van der Waals surface area contributed by atoms with E-state index in [1.165, 1.54) is 19.3 Å². The van der Waals surface area contributed by atoms with Crippen molar-refractivity contribution in [1.82, 2.24) is 0 Å². The smallest absolute Gasteiger partial charge is 0.0230 e. The Labute approximate surface area is 70.4 Å². The maximum atomic E-state index is 3.28. The van der Waals surface area contributed by atoms with Crippen LogP contribution in [0, 0.1) is 23.2 Å². The summed E-state index contributed by atoms with van der Waals surface area (Å²) in [5, 5.41) is 0. The summed E-state index contributed by atoms with van der Waals surface area (Å²) in [5.74, 6) is 7.48. The van der Waals surface area contributed by atoms with Gasteiger partial charge in [-0.25, -0.2) is 0 Å². The molecule has 0 bridgehead atoms. The third kappa shape index (κ3) is 3.46. The van der Waals surface area contributed by atoms with Gasteiger partial charge in [0.05, 0.1) is 0 Å². The van der Waals surface area contributed by atoms with Crippen molar-refractivity contribution in [2.75, 3.05) is 0 Å². The molecular formula is C11H18. The van der Waals surface area contributed by atoms with Crippen molar-refractivity contribution in [1.29, 1.82) is 0 Å². The molecule has 1 fully saturated rings. The molecular weight excluding hydrogens is 132 g/mol. The first-order valence-corrected chi connectivity index (χ1v) is 4.58. The van der Waals surface area contributed by atoms with Gasteiger partial charge in [-0.3, -0.25) is 0 Å². The van der Waals surface area contributed by atoms with Gasteiger partial charge in [0.1, 0.15) is 0 Å². The van der Waals surface area contributed by atoms with Crippen LogP contribution in [0.1, 0.15) is 46.5 Å². The van der Waals surface area contributed by atoms with Crippen molar-refractivity contribution in [3.05, 3.63) is 0 Å². The summed E-state index contributed by atoms with van der Waals surface area (Å²) in [6, 6.07) is 0. The van der Waals surface area contributed by atoms with Crippen molar-refractivity contribution in [2.24, 2.45) is 11.3 Å². The zero-order valence-corrected chi connectivity index (χ0v) is 7.91. The van der Waals surface area contributed by atoms with Crippen LogP contribution in [-0.2, 0) is 0 Å². The number of hydrogen-bond donors (Lipinski definition) is 0. The molecule has 0 unspecified atom stereocenters. The van der Waals surface area contributed by atoms with Crippen LogP contribution in [0.4, 0.5) is 0 Å². The molecule has 62 valence electrons. The van der Waals surface area contributed by atoms with E-state index in [0.29, 0.717) is 0 Å². The van der Waals surface area contributed by atoms with E-state index in [1.54, 1.807) is 0 Å². The fourth-order valence-electron chi connectivity index (χ4n) is 1.16. The van der Waals surface area contributed by atoms with Gasteiger partial charge in [-0.05, 0) is 39.5 Å².